The van der Waals surface area contributed by atoms with Crippen molar-refractivity contribution >= 4 is 11.7 Å². The minimum atomic E-state index is -0.275. The lowest BCUT2D eigenvalue weighted by Gasteiger charge is -2.32. The maximum atomic E-state index is 11.9. The molecule has 0 aromatic rings. The molecule has 0 unspecified atom stereocenters. The molecular weight excluding hydrogens is 212 g/mol. The molecule has 0 radical (unpaired) electrons. The van der Waals surface area contributed by atoms with Gasteiger partial charge >= 0.3 is 0 Å². The zero-order valence-electron chi connectivity index (χ0n) is 9.69. The van der Waals surface area contributed by atoms with E-state index in [2.05, 4.69) is 10.2 Å². The van der Waals surface area contributed by atoms with Crippen molar-refractivity contribution in [3.63, 3.8) is 0 Å². The lowest BCUT2D eigenvalue weighted by molar-refractivity contribution is -0.273. The number of hydrogen-bond acceptors (Lipinski definition) is 5. The average Bonchev–Trinajstić information content (AvgIpc) is 2.23. The molecule has 1 N–H and O–H groups in total. The molecule has 1 heterocycles. The number of carbonyl (C=O) groups excluding carboxylic acids is 2. The van der Waals surface area contributed by atoms with E-state index in [1.807, 2.05) is 0 Å². The van der Waals surface area contributed by atoms with Crippen LogP contribution in [0.15, 0.2) is 0 Å². The Morgan fingerprint density at radius 2 is 2.38 bits per heavy atom. The number of hydrogen-bond donors (Lipinski definition) is 1. The van der Waals surface area contributed by atoms with E-state index >= 15 is 0 Å². The van der Waals surface area contributed by atoms with E-state index in [4.69, 9.17) is 4.89 Å². The molecule has 6 heteroatoms. The number of amides is 1. The van der Waals surface area contributed by atoms with Crippen molar-refractivity contribution in [3.05, 3.63) is 0 Å². The summed E-state index contributed by atoms with van der Waals surface area (Å²) in [5.74, 6) is -0.0386. The van der Waals surface area contributed by atoms with Crippen molar-refractivity contribution in [1.29, 1.82) is 0 Å². The number of nitrogens with one attached hydrogen (secondary N) is 1. The highest BCUT2D eigenvalue weighted by Crippen LogP contribution is 2.05. The van der Waals surface area contributed by atoms with Crippen LogP contribution in [0.5, 0.6) is 0 Å². The van der Waals surface area contributed by atoms with Gasteiger partial charge in [-0.1, -0.05) is 0 Å². The highest BCUT2D eigenvalue weighted by molar-refractivity contribution is 5.87. The Labute approximate surface area is 94.8 Å². The van der Waals surface area contributed by atoms with Crippen molar-refractivity contribution in [3.8, 4) is 0 Å². The summed E-state index contributed by atoms with van der Waals surface area (Å²) in [5.41, 5.74) is 0. The summed E-state index contributed by atoms with van der Waals surface area (Å²) in [6.07, 6.45) is 0.543. The van der Waals surface area contributed by atoms with Crippen LogP contribution in [0, 0.1) is 0 Å². The van der Waals surface area contributed by atoms with Crippen molar-refractivity contribution in [1.82, 2.24) is 10.2 Å². The Morgan fingerprint density at radius 1 is 1.62 bits per heavy atom. The van der Waals surface area contributed by atoms with E-state index in [1.54, 1.807) is 4.90 Å². The van der Waals surface area contributed by atoms with Gasteiger partial charge in [-0.05, 0) is 13.3 Å². The normalized spacial score (nSPS) is 21.2. The molecule has 0 saturated carbocycles. The number of rotatable bonds is 6. The maximum absolute atomic E-state index is 11.9. The standard InChI is InChI=1S/C10H18N2O4/c1-8(13)7-12-5-4-11-9(10(12)14)3-6-16-15-2/h9,11H,3-7H2,1-2H3/t9-/m0/s1. The van der Waals surface area contributed by atoms with Crippen molar-refractivity contribution in [2.45, 2.75) is 19.4 Å². The van der Waals surface area contributed by atoms with Crippen molar-refractivity contribution in [2.75, 3.05) is 33.4 Å². The summed E-state index contributed by atoms with van der Waals surface area (Å²) in [4.78, 5) is 33.6. The van der Waals surface area contributed by atoms with Crippen LogP contribution in [-0.4, -0.2) is 56.0 Å². The molecular formula is C10H18N2O4. The second-order valence-corrected chi connectivity index (χ2v) is 3.75. The predicted octanol–water partition coefficient (Wildman–Crippen LogP) is -0.656. The van der Waals surface area contributed by atoms with Gasteiger partial charge in [0.15, 0.2) is 0 Å². The van der Waals surface area contributed by atoms with Gasteiger partial charge in [0.25, 0.3) is 0 Å². The van der Waals surface area contributed by atoms with E-state index in [1.165, 1.54) is 14.0 Å². The molecule has 1 amide bonds. The highest BCUT2D eigenvalue weighted by atomic mass is 17.2. The van der Waals surface area contributed by atoms with Gasteiger partial charge in [0.1, 0.15) is 5.78 Å². The number of piperazine rings is 1. The first kappa shape index (κ1) is 13.1. The largest absolute Gasteiger partial charge is 0.333 e. The topological polar surface area (TPSA) is 67.9 Å². The monoisotopic (exact) mass is 230 g/mol. The Bertz CT molecular complexity index is 257. The van der Waals surface area contributed by atoms with E-state index in [9.17, 15) is 9.59 Å². The van der Waals surface area contributed by atoms with E-state index in [0.29, 0.717) is 26.1 Å². The minimum absolute atomic E-state index is 0.00198. The molecule has 1 fully saturated rings. The van der Waals surface area contributed by atoms with Crippen LogP contribution < -0.4 is 5.32 Å². The predicted molar refractivity (Wildman–Crippen MR) is 56.6 cm³/mol. The molecule has 1 aliphatic heterocycles. The third-order valence-corrected chi connectivity index (χ3v) is 2.40. The van der Waals surface area contributed by atoms with Crippen LogP contribution in [0.4, 0.5) is 0 Å². The second-order valence-electron chi connectivity index (χ2n) is 3.75. The number of nitrogens with zero attached hydrogens (tertiary/aromatic N) is 1. The molecule has 1 rings (SSSR count). The van der Waals surface area contributed by atoms with Gasteiger partial charge in [-0.2, -0.15) is 0 Å². The Hall–Kier alpha value is -0.980. The van der Waals surface area contributed by atoms with Crippen LogP contribution in [0.3, 0.4) is 0 Å². The van der Waals surface area contributed by atoms with Gasteiger partial charge in [0.05, 0.1) is 26.3 Å². The van der Waals surface area contributed by atoms with Crippen molar-refractivity contribution in [2.24, 2.45) is 0 Å². The Morgan fingerprint density at radius 3 is 3.00 bits per heavy atom. The van der Waals surface area contributed by atoms with Gasteiger partial charge in [0, 0.05) is 13.1 Å². The van der Waals surface area contributed by atoms with Gasteiger partial charge in [0.2, 0.25) is 5.91 Å². The van der Waals surface area contributed by atoms with E-state index in [0.717, 1.165) is 0 Å². The summed E-state index contributed by atoms with van der Waals surface area (Å²) in [6.45, 7) is 3.32. The second kappa shape index (κ2) is 6.57. The van der Waals surface area contributed by atoms with E-state index < -0.39 is 0 Å². The molecule has 1 atom stereocenters. The molecule has 0 aliphatic carbocycles. The number of Topliss-reactive ketones (excluding diaryl/α,β-unsaturated/α-hetero) is 1. The lowest BCUT2D eigenvalue weighted by Crippen LogP contribution is -2.56. The summed E-state index contributed by atoms with van der Waals surface area (Å²) in [6, 6.07) is -0.275. The highest BCUT2D eigenvalue weighted by Gasteiger charge is 2.28. The lowest BCUT2D eigenvalue weighted by atomic mass is 10.1. The third kappa shape index (κ3) is 3.88. The van der Waals surface area contributed by atoms with Crippen molar-refractivity contribution < 1.29 is 19.4 Å². The summed E-state index contributed by atoms with van der Waals surface area (Å²) in [5, 5.41) is 3.09. The molecule has 1 saturated heterocycles. The zero-order valence-corrected chi connectivity index (χ0v) is 9.69. The van der Waals surface area contributed by atoms with Crippen LogP contribution in [0.1, 0.15) is 13.3 Å². The number of ketones is 1. The van der Waals surface area contributed by atoms with Gasteiger partial charge < -0.3 is 10.2 Å². The zero-order chi connectivity index (χ0) is 12.0. The SMILES string of the molecule is COOCC[C@@H]1NCCN(CC(C)=O)C1=O. The molecule has 0 aromatic heterocycles. The molecule has 0 spiro atoms. The van der Waals surface area contributed by atoms with Gasteiger partial charge in [-0.25, -0.2) is 9.78 Å². The van der Waals surface area contributed by atoms with Crippen LogP contribution in [0.2, 0.25) is 0 Å². The fourth-order valence-corrected chi connectivity index (χ4v) is 1.69. The number of carbonyl (C=O) groups is 2. The van der Waals surface area contributed by atoms with Gasteiger partial charge in [-0.3, -0.25) is 9.59 Å². The van der Waals surface area contributed by atoms with E-state index in [-0.39, 0.29) is 24.3 Å². The molecule has 16 heavy (non-hydrogen) atoms. The van der Waals surface area contributed by atoms with Crippen LogP contribution in [0.25, 0.3) is 0 Å². The first-order valence-corrected chi connectivity index (χ1v) is 5.32. The van der Waals surface area contributed by atoms with Crippen LogP contribution in [-0.2, 0) is 19.4 Å². The third-order valence-electron chi connectivity index (χ3n) is 2.40. The summed E-state index contributed by atoms with van der Waals surface area (Å²) >= 11 is 0. The Kier molecular flexibility index (Phi) is 5.37. The Balaban J connectivity index is 2.40. The fraction of sp³-hybridized carbons (Fsp3) is 0.800. The van der Waals surface area contributed by atoms with Crippen LogP contribution >= 0.6 is 0 Å². The smallest absolute Gasteiger partial charge is 0.240 e. The molecule has 92 valence electrons. The quantitative estimate of drug-likeness (QED) is 0.373. The first-order valence-electron chi connectivity index (χ1n) is 5.32. The molecule has 0 bridgehead atoms. The molecule has 1 aliphatic rings. The average molecular weight is 230 g/mol. The summed E-state index contributed by atoms with van der Waals surface area (Å²) < 4.78 is 0. The molecule has 6 nitrogen and oxygen atoms in total. The maximum Gasteiger partial charge on any atom is 0.240 e. The minimum Gasteiger partial charge on any atom is -0.333 e. The fourth-order valence-electron chi connectivity index (χ4n) is 1.69. The first-order chi connectivity index (χ1) is 7.65. The molecule has 0 aromatic carbocycles. The van der Waals surface area contributed by atoms with Gasteiger partial charge in [-0.15, -0.1) is 0 Å². The summed E-state index contributed by atoms with van der Waals surface area (Å²) in [7, 11) is 1.43.